The molecule has 1 saturated carbocycles. The van der Waals surface area contributed by atoms with Crippen LogP contribution in [0.25, 0.3) is 0 Å². The lowest BCUT2D eigenvalue weighted by Gasteiger charge is -2.38. The molecule has 110 valence electrons. The predicted octanol–water partition coefficient (Wildman–Crippen LogP) is 2.09. The Hall–Kier alpha value is -0.610. The zero-order valence-corrected chi connectivity index (χ0v) is 12.5. The molecule has 0 amide bonds. The van der Waals surface area contributed by atoms with E-state index in [-0.39, 0.29) is 6.04 Å². The van der Waals surface area contributed by atoms with Gasteiger partial charge in [-0.05, 0) is 52.5 Å². The second kappa shape index (κ2) is 5.80. The Labute approximate surface area is 116 Å². The van der Waals surface area contributed by atoms with Gasteiger partial charge in [0, 0.05) is 18.6 Å². The summed E-state index contributed by atoms with van der Waals surface area (Å²) in [6.07, 6.45) is 6.50. The van der Waals surface area contributed by atoms with Gasteiger partial charge in [-0.3, -0.25) is 15.0 Å². The van der Waals surface area contributed by atoms with Crippen molar-refractivity contribution in [3.05, 3.63) is 0 Å². The number of fused-ring (bicyclic) bond motifs is 1. The van der Waals surface area contributed by atoms with Crippen molar-refractivity contribution < 1.29 is 9.90 Å². The molecule has 0 aromatic carbocycles. The number of rotatable bonds is 5. The molecule has 3 unspecified atom stereocenters. The summed E-state index contributed by atoms with van der Waals surface area (Å²) in [5.74, 6) is 0.0753. The number of likely N-dealkylation sites (tertiary alicyclic amines) is 1. The second-order valence-electron chi connectivity index (χ2n) is 6.81. The predicted molar refractivity (Wildman–Crippen MR) is 76.2 cm³/mol. The largest absolute Gasteiger partial charge is 0.480 e. The van der Waals surface area contributed by atoms with E-state index in [0.717, 1.165) is 12.5 Å². The minimum absolute atomic E-state index is 0.186. The fourth-order valence-electron chi connectivity index (χ4n) is 3.92. The van der Waals surface area contributed by atoms with Gasteiger partial charge in [-0.25, -0.2) is 0 Å². The molecular weight excluding hydrogens is 240 g/mol. The van der Waals surface area contributed by atoms with Gasteiger partial charge >= 0.3 is 5.97 Å². The zero-order valence-electron chi connectivity index (χ0n) is 12.5. The van der Waals surface area contributed by atoms with Gasteiger partial charge in [0.1, 0.15) is 5.54 Å². The number of nitrogens with zero attached hydrogens (tertiary/aromatic N) is 1. The molecule has 0 aromatic rings. The summed E-state index contributed by atoms with van der Waals surface area (Å²) in [5, 5.41) is 12.8. The Morgan fingerprint density at radius 2 is 2.05 bits per heavy atom. The molecule has 0 spiro atoms. The smallest absolute Gasteiger partial charge is 0.324 e. The molecular formula is C15H28N2O2. The van der Waals surface area contributed by atoms with E-state index in [1.807, 2.05) is 20.8 Å². The van der Waals surface area contributed by atoms with Crippen LogP contribution >= 0.6 is 0 Å². The molecule has 0 bridgehead atoms. The van der Waals surface area contributed by atoms with Crippen LogP contribution in [0.2, 0.25) is 0 Å². The fraction of sp³-hybridized carbons (Fsp3) is 0.933. The Morgan fingerprint density at radius 3 is 2.68 bits per heavy atom. The number of aliphatic carboxylic acids is 1. The summed E-state index contributed by atoms with van der Waals surface area (Å²) in [6.45, 7) is 7.54. The summed E-state index contributed by atoms with van der Waals surface area (Å²) in [6, 6.07) is 0.812. The average Bonchev–Trinajstić information content (AvgIpc) is 2.71. The number of carboxylic acid groups (broad SMARTS) is 1. The van der Waals surface area contributed by atoms with Crippen LogP contribution in [0.4, 0.5) is 0 Å². The molecule has 2 aliphatic rings. The van der Waals surface area contributed by atoms with Crippen LogP contribution in [-0.4, -0.2) is 46.7 Å². The topological polar surface area (TPSA) is 52.6 Å². The van der Waals surface area contributed by atoms with Crippen molar-refractivity contribution in [1.29, 1.82) is 0 Å². The number of hydrogen-bond donors (Lipinski definition) is 2. The normalized spacial score (nSPS) is 31.2. The van der Waals surface area contributed by atoms with E-state index in [9.17, 15) is 9.90 Å². The van der Waals surface area contributed by atoms with Crippen molar-refractivity contribution in [2.24, 2.45) is 5.92 Å². The van der Waals surface area contributed by atoms with Crippen molar-refractivity contribution in [2.45, 2.75) is 70.5 Å². The lowest BCUT2D eigenvalue weighted by Crippen LogP contribution is -2.59. The van der Waals surface area contributed by atoms with Crippen LogP contribution in [0.3, 0.4) is 0 Å². The lowest BCUT2D eigenvalue weighted by atomic mass is 9.85. The summed E-state index contributed by atoms with van der Waals surface area (Å²) in [5.41, 5.74) is -0.833. The van der Waals surface area contributed by atoms with E-state index in [2.05, 4.69) is 10.2 Å². The minimum atomic E-state index is -0.833. The van der Waals surface area contributed by atoms with Crippen molar-refractivity contribution in [3.8, 4) is 0 Å². The van der Waals surface area contributed by atoms with Gasteiger partial charge < -0.3 is 5.11 Å². The summed E-state index contributed by atoms with van der Waals surface area (Å²) < 4.78 is 0. The second-order valence-corrected chi connectivity index (χ2v) is 6.81. The molecule has 2 N–H and O–H groups in total. The zero-order chi connectivity index (χ0) is 14.0. The SMILES string of the molecule is CC(C)NC(C)(CN1CCC2CCCCC21)C(=O)O. The molecule has 3 atom stereocenters. The standard InChI is InChI=1S/C15H28N2O2/c1-11(2)16-15(3,14(18)19)10-17-9-8-12-6-4-5-7-13(12)17/h11-13,16H,4-10H2,1-3H3,(H,18,19). The number of hydrogen-bond acceptors (Lipinski definition) is 3. The molecule has 1 aliphatic carbocycles. The van der Waals surface area contributed by atoms with Gasteiger partial charge in [0.2, 0.25) is 0 Å². The van der Waals surface area contributed by atoms with E-state index in [1.165, 1.54) is 32.1 Å². The third-order valence-electron chi connectivity index (χ3n) is 4.72. The van der Waals surface area contributed by atoms with E-state index >= 15 is 0 Å². The number of nitrogens with one attached hydrogen (secondary N) is 1. The molecule has 0 radical (unpaired) electrons. The molecule has 4 nitrogen and oxygen atoms in total. The van der Waals surface area contributed by atoms with Crippen molar-refractivity contribution >= 4 is 5.97 Å². The van der Waals surface area contributed by atoms with Gasteiger partial charge in [0.15, 0.2) is 0 Å². The average molecular weight is 268 g/mol. The Balaban J connectivity index is 2.03. The highest BCUT2D eigenvalue weighted by atomic mass is 16.4. The molecule has 1 aliphatic heterocycles. The maximum Gasteiger partial charge on any atom is 0.324 e. The molecule has 0 aromatic heterocycles. The first-order valence-electron chi connectivity index (χ1n) is 7.67. The number of carbonyl (C=O) groups is 1. The molecule has 1 saturated heterocycles. The van der Waals surface area contributed by atoms with Crippen LogP contribution in [0.5, 0.6) is 0 Å². The van der Waals surface area contributed by atoms with Crippen LogP contribution in [0.1, 0.15) is 52.9 Å². The number of carboxylic acids is 1. The molecule has 2 fully saturated rings. The minimum Gasteiger partial charge on any atom is -0.480 e. The van der Waals surface area contributed by atoms with Gasteiger partial charge in [-0.15, -0.1) is 0 Å². The Morgan fingerprint density at radius 1 is 1.37 bits per heavy atom. The summed E-state index contributed by atoms with van der Waals surface area (Å²) in [7, 11) is 0. The summed E-state index contributed by atoms with van der Waals surface area (Å²) >= 11 is 0. The van der Waals surface area contributed by atoms with Crippen molar-refractivity contribution in [3.63, 3.8) is 0 Å². The molecule has 1 heterocycles. The summed E-state index contributed by atoms with van der Waals surface area (Å²) in [4.78, 5) is 14.0. The highest BCUT2D eigenvalue weighted by Gasteiger charge is 2.42. The van der Waals surface area contributed by atoms with Crippen LogP contribution in [-0.2, 0) is 4.79 Å². The third kappa shape index (κ3) is 3.29. The third-order valence-corrected chi connectivity index (χ3v) is 4.72. The highest BCUT2D eigenvalue weighted by Crippen LogP contribution is 2.36. The lowest BCUT2D eigenvalue weighted by molar-refractivity contribution is -0.145. The van der Waals surface area contributed by atoms with Crippen LogP contribution < -0.4 is 5.32 Å². The van der Waals surface area contributed by atoms with Crippen LogP contribution in [0, 0.1) is 5.92 Å². The molecule has 4 heteroatoms. The van der Waals surface area contributed by atoms with E-state index in [4.69, 9.17) is 0 Å². The van der Waals surface area contributed by atoms with Crippen LogP contribution in [0.15, 0.2) is 0 Å². The first-order chi connectivity index (χ1) is 8.92. The van der Waals surface area contributed by atoms with Gasteiger partial charge in [-0.2, -0.15) is 0 Å². The van der Waals surface area contributed by atoms with Crippen molar-refractivity contribution in [2.75, 3.05) is 13.1 Å². The fourth-order valence-corrected chi connectivity index (χ4v) is 3.92. The highest BCUT2D eigenvalue weighted by molar-refractivity contribution is 5.78. The maximum atomic E-state index is 11.6. The first kappa shape index (κ1) is 14.8. The quantitative estimate of drug-likeness (QED) is 0.801. The Kier molecular flexibility index (Phi) is 4.51. The van der Waals surface area contributed by atoms with E-state index < -0.39 is 11.5 Å². The molecule has 19 heavy (non-hydrogen) atoms. The van der Waals surface area contributed by atoms with E-state index in [0.29, 0.717) is 12.6 Å². The monoisotopic (exact) mass is 268 g/mol. The van der Waals surface area contributed by atoms with Crippen molar-refractivity contribution in [1.82, 2.24) is 10.2 Å². The first-order valence-corrected chi connectivity index (χ1v) is 7.67. The maximum absolute atomic E-state index is 11.6. The Bertz CT molecular complexity index is 332. The van der Waals surface area contributed by atoms with E-state index in [1.54, 1.807) is 0 Å². The molecule has 2 rings (SSSR count). The van der Waals surface area contributed by atoms with Gasteiger partial charge in [-0.1, -0.05) is 12.8 Å². The van der Waals surface area contributed by atoms with Gasteiger partial charge in [0.05, 0.1) is 0 Å². The van der Waals surface area contributed by atoms with Gasteiger partial charge in [0.25, 0.3) is 0 Å².